The Bertz CT molecular complexity index is 3580. The lowest BCUT2D eigenvalue weighted by Crippen LogP contribution is -2.61. The van der Waals surface area contributed by atoms with Crippen molar-refractivity contribution >= 4 is 57.0 Å². The zero-order valence-electron chi connectivity index (χ0n) is 34.8. The Kier molecular flexibility index (Phi) is 7.68. The molecule has 0 fully saturated rings. The predicted octanol–water partition coefficient (Wildman–Crippen LogP) is 14.7. The standard InChI is InChI=1S/C58H35BN2O4/c1-3-13-36(14-4-1)38-23-26-41(27-24-38)61-58-43-18-8-7-17-39(43)25-29-44(58)45-31-40(37-15-5-2-6-16-37)32-48-57(45)59(61)46-34-55-56(65-52-22-12-11-21-51(52)64-55)35-47(46)60(48)42-28-30-53-54(33-42)63-50-20-10-9-19-49(50)62-53/h1-35H. The maximum Gasteiger partial charge on any atom is 0.333 e. The second-order valence-electron chi connectivity index (χ2n) is 16.8. The monoisotopic (exact) mass is 834 g/mol. The van der Waals surface area contributed by atoms with E-state index in [4.69, 9.17) is 18.9 Å². The molecule has 65 heavy (non-hydrogen) atoms. The highest BCUT2D eigenvalue weighted by molar-refractivity contribution is 6.94. The van der Waals surface area contributed by atoms with E-state index in [1.165, 1.54) is 27.4 Å². The summed E-state index contributed by atoms with van der Waals surface area (Å²) in [7, 11) is 0. The first-order valence-corrected chi connectivity index (χ1v) is 21.9. The number of benzene rings is 10. The molecule has 4 heterocycles. The molecule has 304 valence electrons. The molecule has 10 aromatic rings. The summed E-state index contributed by atoms with van der Waals surface area (Å²) in [5.41, 5.74) is 14.3. The summed E-state index contributed by atoms with van der Waals surface area (Å²) in [5.74, 6) is 5.33. The number of rotatable bonds is 4. The van der Waals surface area contributed by atoms with E-state index in [0.717, 1.165) is 56.2 Å². The fourth-order valence-electron chi connectivity index (χ4n) is 10.2. The van der Waals surface area contributed by atoms with Crippen molar-refractivity contribution < 1.29 is 18.9 Å². The first kappa shape index (κ1) is 35.9. The average molecular weight is 835 g/mol. The number of para-hydroxylation sites is 4. The van der Waals surface area contributed by atoms with Gasteiger partial charge in [-0.3, -0.25) is 0 Å². The quantitative estimate of drug-likeness (QED) is 0.165. The molecule has 0 saturated heterocycles. The van der Waals surface area contributed by atoms with Crippen molar-refractivity contribution in [3.05, 3.63) is 212 Å². The lowest BCUT2D eigenvalue weighted by atomic mass is 9.43. The molecule has 4 aliphatic rings. The van der Waals surface area contributed by atoms with Crippen molar-refractivity contribution in [1.82, 2.24) is 0 Å². The van der Waals surface area contributed by atoms with Crippen LogP contribution in [0.5, 0.6) is 46.0 Å². The second kappa shape index (κ2) is 13.9. The number of anilines is 5. The van der Waals surface area contributed by atoms with Crippen LogP contribution in [0.25, 0.3) is 44.2 Å². The van der Waals surface area contributed by atoms with Gasteiger partial charge in [-0.1, -0.05) is 133 Å². The molecule has 0 aliphatic carbocycles. The third-order valence-electron chi connectivity index (χ3n) is 13.1. The van der Waals surface area contributed by atoms with Gasteiger partial charge in [-0.05, 0) is 111 Å². The fraction of sp³-hybridized carbons (Fsp3) is 0. The summed E-state index contributed by atoms with van der Waals surface area (Å²) < 4.78 is 26.4. The molecule has 0 aromatic heterocycles. The van der Waals surface area contributed by atoms with Gasteiger partial charge in [0.25, 0.3) is 0 Å². The van der Waals surface area contributed by atoms with E-state index in [2.05, 4.69) is 167 Å². The van der Waals surface area contributed by atoms with Crippen LogP contribution in [0, 0.1) is 0 Å². The molecular weight excluding hydrogens is 799 g/mol. The Labute approximate surface area is 375 Å². The van der Waals surface area contributed by atoms with Gasteiger partial charge in [-0.15, -0.1) is 0 Å². The Morgan fingerprint density at radius 3 is 1.57 bits per heavy atom. The molecule has 4 aliphatic heterocycles. The normalized spacial score (nSPS) is 13.3. The van der Waals surface area contributed by atoms with Crippen LogP contribution in [-0.4, -0.2) is 6.85 Å². The summed E-state index contributed by atoms with van der Waals surface area (Å²) in [6.45, 7) is -0.285. The van der Waals surface area contributed by atoms with Gasteiger partial charge in [0, 0.05) is 45.8 Å². The molecule has 7 heteroatoms. The first-order valence-electron chi connectivity index (χ1n) is 21.9. The molecule has 6 nitrogen and oxygen atoms in total. The van der Waals surface area contributed by atoms with Gasteiger partial charge in [0.05, 0.1) is 5.69 Å². The van der Waals surface area contributed by atoms with Crippen molar-refractivity contribution in [2.24, 2.45) is 0 Å². The van der Waals surface area contributed by atoms with Gasteiger partial charge in [-0.2, -0.15) is 0 Å². The molecular formula is C58H35BN2O4. The number of fused-ring (bicyclic) bond motifs is 10. The number of hydrogen-bond donors (Lipinski definition) is 0. The van der Waals surface area contributed by atoms with Crippen LogP contribution in [-0.2, 0) is 0 Å². The molecule has 0 spiro atoms. The van der Waals surface area contributed by atoms with Crippen LogP contribution in [0.4, 0.5) is 28.4 Å². The van der Waals surface area contributed by atoms with Crippen LogP contribution < -0.4 is 39.6 Å². The lowest BCUT2D eigenvalue weighted by molar-refractivity contribution is 0.359. The third-order valence-corrected chi connectivity index (χ3v) is 13.1. The maximum absolute atomic E-state index is 6.74. The van der Waals surface area contributed by atoms with Gasteiger partial charge < -0.3 is 28.7 Å². The fourth-order valence-corrected chi connectivity index (χ4v) is 10.2. The van der Waals surface area contributed by atoms with Gasteiger partial charge >= 0.3 is 6.85 Å². The Morgan fingerprint density at radius 1 is 0.338 bits per heavy atom. The summed E-state index contributed by atoms with van der Waals surface area (Å²) in [5, 5.41) is 2.35. The molecule has 0 saturated carbocycles. The highest BCUT2D eigenvalue weighted by atomic mass is 16.6. The first-order chi connectivity index (χ1) is 32.2. The smallest absolute Gasteiger partial charge is 0.333 e. The summed E-state index contributed by atoms with van der Waals surface area (Å²) in [6, 6.07) is 74.6. The van der Waals surface area contributed by atoms with Crippen LogP contribution in [0.3, 0.4) is 0 Å². The van der Waals surface area contributed by atoms with Crippen molar-refractivity contribution in [2.75, 3.05) is 9.71 Å². The van der Waals surface area contributed by atoms with E-state index in [1.807, 2.05) is 54.6 Å². The van der Waals surface area contributed by atoms with Crippen LogP contribution in [0.1, 0.15) is 0 Å². The number of hydrogen-bond acceptors (Lipinski definition) is 6. The highest BCUT2D eigenvalue weighted by Gasteiger charge is 2.47. The van der Waals surface area contributed by atoms with Gasteiger partial charge in [0.2, 0.25) is 0 Å². The number of nitrogens with zero attached hydrogens (tertiary/aromatic N) is 2. The molecule has 0 unspecified atom stereocenters. The second-order valence-corrected chi connectivity index (χ2v) is 16.8. The molecule has 0 N–H and O–H groups in total. The zero-order valence-corrected chi connectivity index (χ0v) is 34.8. The van der Waals surface area contributed by atoms with E-state index in [0.29, 0.717) is 46.0 Å². The van der Waals surface area contributed by atoms with E-state index in [9.17, 15) is 0 Å². The van der Waals surface area contributed by atoms with Gasteiger partial charge in [0.1, 0.15) is 0 Å². The SMILES string of the molecule is c1ccc(-c2ccc(N3B4c5cc6c(cc5N(c5ccc7c(c5)Oc5ccccc5O7)c5cc(-c7ccccc7)cc(c54)-c4ccc5ccccc5c43)Oc3ccccc3O6)cc2)cc1. The van der Waals surface area contributed by atoms with Gasteiger partial charge in [0.15, 0.2) is 46.0 Å². The number of ether oxygens (including phenoxy) is 4. The zero-order chi connectivity index (χ0) is 42.6. The van der Waals surface area contributed by atoms with Crippen LogP contribution in [0.2, 0.25) is 0 Å². The Morgan fingerprint density at radius 2 is 0.877 bits per heavy atom. The van der Waals surface area contributed by atoms with E-state index < -0.39 is 0 Å². The lowest BCUT2D eigenvalue weighted by Gasteiger charge is -2.46. The molecule has 10 aromatic carbocycles. The van der Waals surface area contributed by atoms with E-state index in [1.54, 1.807) is 0 Å². The summed E-state index contributed by atoms with van der Waals surface area (Å²) in [6.07, 6.45) is 0. The minimum atomic E-state index is -0.285. The minimum Gasteiger partial charge on any atom is -0.450 e. The van der Waals surface area contributed by atoms with Crippen molar-refractivity contribution in [3.63, 3.8) is 0 Å². The molecule has 0 bridgehead atoms. The van der Waals surface area contributed by atoms with Crippen molar-refractivity contribution in [2.45, 2.75) is 0 Å². The predicted molar refractivity (Wildman–Crippen MR) is 262 cm³/mol. The largest absolute Gasteiger partial charge is 0.450 e. The van der Waals surface area contributed by atoms with E-state index >= 15 is 0 Å². The van der Waals surface area contributed by atoms with Crippen molar-refractivity contribution in [3.8, 4) is 79.4 Å². The molecule has 0 radical (unpaired) electrons. The minimum absolute atomic E-state index is 0.285. The molecule has 0 amide bonds. The highest BCUT2D eigenvalue weighted by Crippen LogP contribution is 2.55. The Hall–Kier alpha value is -8.68. The molecule has 0 atom stereocenters. The van der Waals surface area contributed by atoms with Crippen molar-refractivity contribution in [1.29, 1.82) is 0 Å². The summed E-state index contributed by atoms with van der Waals surface area (Å²) >= 11 is 0. The Balaban J connectivity index is 1.07. The van der Waals surface area contributed by atoms with Crippen LogP contribution in [0.15, 0.2) is 212 Å². The maximum atomic E-state index is 6.74. The molecule has 14 rings (SSSR count). The topological polar surface area (TPSA) is 43.4 Å². The van der Waals surface area contributed by atoms with Crippen LogP contribution >= 0.6 is 0 Å². The average Bonchev–Trinajstić information content (AvgIpc) is 3.37. The van der Waals surface area contributed by atoms with Gasteiger partial charge in [-0.25, -0.2) is 0 Å². The third kappa shape index (κ3) is 5.55. The van der Waals surface area contributed by atoms with E-state index in [-0.39, 0.29) is 6.85 Å². The summed E-state index contributed by atoms with van der Waals surface area (Å²) in [4.78, 5) is 4.93.